The monoisotopic (exact) mass is 332 g/mol. The summed E-state index contributed by atoms with van der Waals surface area (Å²) in [6.45, 7) is 1.76. The molecule has 0 saturated carbocycles. The van der Waals surface area contributed by atoms with Crippen LogP contribution in [0.2, 0.25) is 5.02 Å². The number of aliphatic carboxylic acids is 1. The molecule has 0 fully saturated rings. The van der Waals surface area contributed by atoms with Gasteiger partial charge in [-0.2, -0.15) is 0 Å². The second-order valence-electron chi connectivity index (χ2n) is 5.10. The molecular formula is C18H17ClO4. The number of carbonyl (C=O) groups is 2. The number of esters is 1. The molecule has 23 heavy (non-hydrogen) atoms. The van der Waals surface area contributed by atoms with Crippen molar-refractivity contribution in [3.63, 3.8) is 0 Å². The first-order chi connectivity index (χ1) is 11.0. The summed E-state index contributed by atoms with van der Waals surface area (Å²) in [7, 11) is 0. The van der Waals surface area contributed by atoms with Gasteiger partial charge in [0.2, 0.25) is 0 Å². The predicted molar refractivity (Wildman–Crippen MR) is 87.5 cm³/mol. The fraction of sp³-hybridized carbons (Fsp3) is 0.222. The van der Waals surface area contributed by atoms with E-state index in [4.69, 9.17) is 16.3 Å². The van der Waals surface area contributed by atoms with Gasteiger partial charge in [-0.15, -0.1) is 0 Å². The Labute approximate surface area is 139 Å². The minimum atomic E-state index is -1.80. The number of halogens is 1. The molecule has 0 radical (unpaired) electrons. The lowest BCUT2D eigenvalue weighted by Gasteiger charge is -2.28. The molecule has 0 spiro atoms. The third-order valence-corrected chi connectivity index (χ3v) is 3.89. The first-order valence-electron chi connectivity index (χ1n) is 7.21. The van der Waals surface area contributed by atoms with Crippen molar-refractivity contribution in [3.8, 4) is 0 Å². The molecule has 0 aliphatic rings. The van der Waals surface area contributed by atoms with Gasteiger partial charge in [0, 0.05) is 11.4 Å². The molecule has 0 heterocycles. The first kappa shape index (κ1) is 17.0. The molecule has 120 valence electrons. The van der Waals surface area contributed by atoms with Crippen LogP contribution in [-0.4, -0.2) is 23.7 Å². The van der Waals surface area contributed by atoms with Crippen molar-refractivity contribution in [3.05, 3.63) is 70.7 Å². The minimum Gasteiger partial charge on any atom is -0.480 e. The summed E-state index contributed by atoms with van der Waals surface area (Å²) in [6, 6.07) is 15.2. The van der Waals surface area contributed by atoms with Crippen LogP contribution in [0.4, 0.5) is 0 Å². The Morgan fingerprint density at radius 2 is 1.70 bits per heavy atom. The van der Waals surface area contributed by atoms with E-state index in [1.807, 2.05) is 6.07 Å². The fourth-order valence-electron chi connectivity index (χ4n) is 2.47. The van der Waals surface area contributed by atoms with Gasteiger partial charge in [-0.05, 0) is 30.2 Å². The Hall–Kier alpha value is -2.33. The van der Waals surface area contributed by atoms with Crippen molar-refractivity contribution in [2.24, 2.45) is 0 Å². The van der Waals surface area contributed by atoms with Crippen molar-refractivity contribution in [2.75, 3.05) is 6.61 Å². The Balaban J connectivity index is 2.57. The molecule has 0 aliphatic heterocycles. The Morgan fingerprint density at radius 3 is 2.22 bits per heavy atom. The first-order valence-corrected chi connectivity index (χ1v) is 7.59. The van der Waals surface area contributed by atoms with Crippen molar-refractivity contribution >= 4 is 23.5 Å². The molecule has 2 rings (SSSR count). The summed E-state index contributed by atoms with van der Waals surface area (Å²) in [6.07, 6.45) is 0.00361. The molecule has 2 aromatic carbocycles. The second kappa shape index (κ2) is 7.29. The minimum absolute atomic E-state index is 0.00361. The molecular weight excluding hydrogens is 316 g/mol. The van der Waals surface area contributed by atoms with E-state index in [9.17, 15) is 14.7 Å². The zero-order chi connectivity index (χ0) is 16.9. The SMILES string of the molecule is CCOC(=O)C(Cc1ccccc1)(C(=O)O)c1ccc(Cl)cc1. The predicted octanol–water partition coefficient (Wildman–Crippen LogP) is 3.47. The summed E-state index contributed by atoms with van der Waals surface area (Å²) in [5, 5.41) is 10.3. The summed E-state index contributed by atoms with van der Waals surface area (Å²) < 4.78 is 5.07. The van der Waals surface area contributed by atoms with Gasteiger partial charge in [0.25, 0.3) is 0 Å². The van der Waals surface area contributed by atoms with Crippen LogP contribution in [0.15, 0.2) is 54.6 Å². The molecule has 0 aliphatic carbocycles. The van der Waals surface area contributed by atoms with Crippen LogP contribution in [0.3, 0.4) is 0 Å². The standard InChI is InChI=1S/C18H17ClO4/c1-2-23-17(22)18(16(20)21,12-13-6-4-3-5-7-13)14-8-10-15(19)11-9-14/h3-11H,2,12H2,1H3,(H,20,21). The lowest BCUT2D eigenvalue weighted by atomic mass is 9.75. The smallest absolute Gasteiger partial charge is 0.328 e. The number of rotatable bonds is 6. The van der Waals surface area contributed by atoms with Crippen LogP contribution >= 0.6 is 11.6 Å². The topological polar surface area (TPSA) is 63.6 Å². The van der Waals surface area contributed by atoms with Crippen LogP contribution < -0.4 is 0 Å². The molecule has 0 bridgehead atoms. The molecule has 5 heteroatoms. The Kier molecular flexibility index (Phi) is 5.40. The average Bonchev–Trinajstić information content (AvgIpc) is 2.54. The quantitative estimate of drug-likeness (QED) is 0.650. The Morgan fingerprint density at radius 1 is 1.09 bits per heavy atom. The van der Waals surface area contributed by atoms with Crippen LogP contribution in [0.5, 0.6) is 0 Å². The van der Waals surface area contributed by atoms with Crippen molar-refractivity contribution in [1.29, 1.82) is 0 Å². The van der Waals surface area contributed by atoms with Crippen molar-refractivity contribution in [2.45, 2.75) is 18.8 Å². The van der Waals surface area contributed by atoms with Gasteiger partial charge < -0.3 is 9.84 Å². The van der Waals surface area contributed by atoms with Crippen molar-refractivity contribution < 1.29 is 19.4 Å². The van der Waals surface area contributed by atoms with Gasteiger partial charge >= 0.3 is 11.9 Å². The number of carboxylic acid groups (broad SMARTS) is 1. The van der Waals surface area contributed by atoms with E-state index in [0.29, 0.717) is 10.6 Å². The number of hydrogen-bond acceptors (Lipinski definition) is 3. The Bertz CT molecular complexity index is 682. The highest BCUT2D eigenvalue weighted by atomic mass is 35.5. The molecule has 1 atom stereocenters. The van der Waals surface area contributed by atoms with E-state index in [0.717, 1.165) is 5.56 Å². The zero-order valence-corrected chi connectivity index (χ0v) is 13.4. The largest absolute Gasteiger partial charge is 0.480 e. The normalized spacial score (nSPS) is 13.1. The van der Waals surface area contributed by atoms with Gasteiger partial charge in [-0.1, -0.05) is 54.1 Å². The molecule has 1 unspecified atom stereocenters. The van der Waals surface area contributed by atoms with E-state index >= 15 is 0 Å². The highest BCUT2D eigenvalue weighted by Crippen LogP contribution is 2.32. The summed E-state index contributed by atoms with van der Waals surface area (Å²) in [5.74, 6) is -2.03. The van der Waals surface area contributed by atoms with E-state index in [1.54, 1.807) is 55.5 Å². The molecule has 2 aromatic rings. The summed E-state index contributed by atoms with van der Waals surface area (Å²) in [5.41, 5.74) is -0.725. The van der Waals surface area contributed by atoms with Crippen LogP contribution in [0.1, 0.15) is 18.1 Å². The number of benzene rings is 2. The molecule has 0 aromatic heterocycles. The molecule has 4 nitrogen and oxygen atoms in total. The summed E-state index contributed by atoms with van der Waals surface area (Å²) >= 11 is 5.88. The number of carbonyl (C=O) groups excluding carboxylic acids is 1. The maximum absolute atomic E-state index is 12.6. The third kappa shape index (κ3) is 3.54. The zero-order valence-electron chi connectivity index (χ0n) is 12.7. The fourth-order valence-corrected chi connectivity index (χ4v) is 2.60. The number of ether oxygens (including phenoxy) is 1. The number of carboxylic acids is 1. The maximum Gasteiger partial charge on any atom is 0.328 e. The van der Waals surface area contributed by atoms with Gasteiger partial charge in [-0.25, -0.2) is 0 Å². The van der Waals surface area contributed by atoms with Crippen molar-refractivity contribution in [1.82, 2.24) is 0 Å². The average molecular weight is 333 g/mol. The highest BCUT2D eigenvalue weighted by Gasteiger charge is 2.49. The number of hydrogen-bond donors (Lipinski definition) is 1. The molecule has 0 amide bonds. The van der Waals surface area contributed by atoms with Gasteiger partial charge in [0.05, 0.1) is 6.61 Å². The van der Waals surface area contributed by atoms with Crippen LogP contribution in [-0.2, 0) is 26.2 Å². The molecule has 1 N–H and O–H groups in total. The second-order valence-corrected chi connectivity index (χ2v) is 5.54. The van der Waals surface area contributed by atoms with E-state index in [-0.39, 0.29) is 13.0 Å². The van der Waals surface area contributed by atoms with Crippen LogP contribution in [0, 0.1) is 0 Å². The lowest BCUT2D eigenvalue weighted by Crippen LogP contribution is -2.47. The van der Waals surface area contributed by atoms with Gasteiger partial charge in [0.15, 0.2) is 5.41 Å². The van der Waals surface area contributed by atoms with Gasteiger partial charge in [-0.3, -0.25) is 9.59 Å². The third-order valence-electron chi connectivity index (χ3n) is 3.64. The summed E-state index contributed by atoms with van der Waals surface area (Å²) in [4.78, 5) is 24.7. The highest BCUT2D eigenvalue weighted by molar-refractivity contribution is 6.30. The van der Waals surface area contributed by atoms with E-state index < -0.39 is 17.4 Å². The van der Waals surface area contributed by atoms with E-state index in [2.05, 4.69) is 0 Å². The van der Waals surface area contributed by atoms with E-state index in [1.165, 1.54) is 0 Å². The molecule has 0 saturated heterocycles. The van der Waals surface area contributed by atoms with Gasteiger partial charge in [0.1, 0.15) is 0 Å². The lowest BCUT2D eigenvalue weighted by molar-refractivity contribution is -0.161. The van der Waals surface area contributed by atoms with Crippen LogP contribution in [0.25, 0.3) is 0 Å². The maximum atomic E-state index is 12.6.